The number of epoxide rings is 1. The normalized spacial score (nSPS) is 59.6. The van der Waals surface area contributed by atoms with Crippen LogP contribution in [0.2, 0.25) is 0 Å². The van der Waals surface area contributed by atoms with E-state index in [0.717, 1.165) is 12.8 Å². The summed E-state index contributed by atoms with van der Waals surface area (Å²) in [4.78, 5) is 25.8. The molecular weight excluding hydrogens is 228 g/mol. The minimum atomic E-state index is -0.700. The van der Waals surface area contributed by atoms with Gasteiger partial charge in [-0.15, -0.1) is 0 Å². The van der Waals surface area contributed by atoms with Gasteiger partial charge in [0.15, 0.2) is 11.6 Å². The van der Waals surface area contributed by atoms with Crippen LogP contribution >= 0.6 is 0 Å². The number of Topliss-reactive ketones (excluding diaryl/α,β-unsaturated/α-hetero) is 2. The molecule has 1 heterocycles. The monoisotopic (exact) mass is 248 g/mol. The molecule has 4 fully saturated rings. The van der Waals surface area contributed by atoms with Crippen molar-refractivity contribution in [2.75, 3.05) is 0 Å². The van der Waals surface area contributed by atoms with Gasteiger partial charge in [-0.25, -0.2) is 0 Å². The van der Waals surface area contributed by atoms with E-state index in [0.29, 0.717) is 0 Å². The van der Waals surface area contributed by atoms with Gasteiger partial charge in [-0.2, -0.15) is 0 Å². The second-order valence-corrected chi connectivity index (χ2v) is 7.56. The van der Waals surface area contributed by atoms with Gasteiger partial charge in [-0.3, -0.25) is 9.59 Å². The number of ketones is 2. The van der Waals surface area contributed by atoms with Crippen molar-refractivity contribution in [3.63, 3.8) is 0 Å². The van der Waals surface area contributed by atoms with Crippen LogP contribution < -0.4 is 0 Å². The molecule has 5 unspecified atom stereocenters. The average molecular weight is 248 g/mol. The van der Waals surface area contributed by atoms with E-state index in [9.17, 15) is 9.59 Å². The number of hydrogen-bond acceptors (Lipinski definition) is 3. The highest BCUT2D eigenvalue weighted by molar-refractivity contribution is 6.17. The molecule has 3 saturated carbocycles. The zero-order chi connectivity index (χ0) is 13.1. The first-order chi connectivity index (χ1) is 8.29. The molecule has 0 N–H and O–H groups in total. The lowest BCUT2D eigenvalue weighted by Crippen LogP contribution is -2.52. The summed E-state index contributed by atoms with van der Waals surface area (Å²) in [5.41, 5.74) is -1.29. The molecule has 1 spiro atoms. The predicted octanol–water partition coefficient (Wildman–Crippen LogP) is 1.98. The van der Waals surface area contributed by atoms with Crippen LogP contribution in [0, 0.1) is 28.6 Å². The third-order valence-electron chi connectivity index (χ3n) is 6.58. The fourth-order valence-corrected chi connectivity index (χ4v) is 5.87. The van der Waals surface area contributed by atoms with Crippen molar-refractivity contribution < 1.29 is 14.3 Å². The van der Waals surface area contributed by atoms with Gasteiger partial charge >= 0.3 is 0 Å². The van der Waals surface area contributed by atoms with Crippen LogP contribution in [-0.4, -0.2) is 23.3 Å². The van der Waals surface area contributed by atoms with Crippen LogP contribution in [0.5, 0.6) is 0 Å². The molecule has 0 aromatic carbocycles. The van der Waals surface area contributed by atoms with Gasteiger partial charge in [0.1, 0.15) is 11.7 Å². The summed E-state index contributed by atoms with van der Waals surface area (Å²) in [7, 11) is 0. The summed E-state index contributed by atoms with van der Waals surface area (Å²) < 4.78 is 5.70. The minimum absolute atomic E-state index is 0.0829. The molecule has 6 atom stereocenters. The molecule has 3 nitrogen and oxygen atoms in total. The summed E-state index contributed by atoms with van der Waals surface area (Å²) in [6.07, 6.45) is 1.72. The van der Waals surface area contributed by atoms with E-state index in [1.54, 1.807) is 0 Å². The quantitative estimate of drug-likeness (QED) is 0.486. The molecule has 0 aromatic rings. The molecule has 0 amide bonds. The first kappa shape index (κ1) is 11.2. The molecule has 4 rings (SSSR count). The standard InChI is InChI=1S/C15H20O3/c1-7-5-6-8-13(2,3)9-10(16)15(7,8)11(17)12-14(9,4)18-12/h7-9,12H,5-6H2,1-4H3/t7-,8?,9?,12?,14?,15?/m1/s1. The fraction of sp³-hybridized carbons (Fsp3) is 0.867. The van der Waals surface area contributed by atoms with Gasteiger partial charge in [0, 0.05) is 0 Å². The molecule has 18 heavy (non-hydrogen) atoms. The van der Waals surface area contributed by atoms with Crippen LogP contribution in [-0.2, 0) is 14.3 Å². The maximum absolute atomic E-state index is 13.0. The lowest BCUT2D eigenvalue weighted by Gasteiger charge is -2.33. The first-order valence-corrected chi connectivity index (χ1v) is 7.05. The summed E-state index contributed by atoms with van der Waals surface area (Å²) >= 11 is 0. The molecule has 2 bridgehead atoms. The lowest BCUT2D eigenvalue weighted by molar-refractivity contribution is -0.146. The largest absolute Gasteiger partial charge is 0.357 e. The Kier molecular flexibility index (Phi) is 1.61. The molecule has 98 valence electrons. The number of ether oxygens (including phenoxy) is 1. The third-order valence-corrected chi connectivity index (χ3v) is 6.58. The second-order valence-electron chi connectivity index (χ2n) is 7.56. The maximum Gasteiger partial charge on any atom is 0.178 e. The zero-order valence-electron chi connectivity index (χ0n) is 11.4. The Morgan fingerprint density at radius 2 is 1.78 bits per heavy atom. The number of carbonyl (C=O) groups is 2. The van der Waals surface area contributed by atoms with Crippen molar-refractivity contribution in [2.24, 2.45) is 28.6 Å². The van der Waals surface area contributed by atoms with Crippen LogP contribution in [0.4, 0.5) is 0 Å². The Morgan fingerprint density at radius 1 is 1.11 bits per heavy atom. The van der Waals surface area contributed by atoms with Gasteiger partial charge in [-0.1, -0.05) is 20.8 Å². The molecule has 0 radical (unpaired) electrons. The maximum atomic E-state index is 13.0. The predicted molar refractivity (Wildman–Crippen MR) is 64.9 cm³/mol. The van der Waals surface area contributed by atoms with E-state index in [-0.39, 0.29) is 40.8 Å². The van der Waals surface area contributed by atoms with Crippen LogP contribution in [0.15, 0.2) is 0 Å². The molecule has 1 saturated heterocycles. The van der Waals surface area contributed by atoms with E-state index >= 15 is 0 Å². The Hall–Kier alpha value is -0.700. The first-order valence-electron chi connectivity index (χ1n) is 7.05. The smallest absolute Gasteiger partial charge is 0.178 e. The third kappa shape index (κ3) is 0.781. The number of fused-ring (bicyclic) bond motifs is 3. The Morgan fingerprint density at radius 3 is 2.44 bits per heavy atom. The van der Waals surface area contributed by atoms with Gasteiger partial charge < -0.3 is 4.74 Å². The SMILES string of the molecule is C[C@@H]1CCC2C(C)(C)C3C(=O)C21C(=O)C1OC13C. The minimum Gasteiger partial charge on any atom is -0.357 e. The highest BCUT2D eigenvalue weighted by Crippen LogP contribution is 2.74. The van der Waals surface area contributed by atoms with Gasteiger partial charge in [0.2, 0.25) is 0 Å². The molecule has 1 aliphatic heterocycles. The van der Waals surface area contributed by atoms with Crippen molar-refractivity contribution in [2.45, 2.75) is 52.2 Å². The number of carbonyl (C=O) groups excluding carboxylic acids is 2. The van der Waals surface area contributed by atoms with E-state index in [1.807, 2.05) is 6.92 Å². The highest BCUT2D eigenvalue weighted by Gasteiger charge is 2.85. The van der Waals surface area contributed by atoms with Crippen molar-refractivity contribution in [1.82, 2.24) is 0 Å². The summed E-state index contributed by atoms with van der Waals surface area (Å²) in [6, 6.07) is 0. The Labute approximate surface area is 107 Å². The lowest BCUT2D eigenvalue weighted by atomic mass is 9.64. The Balaban J connectivity index is 2.01. The van der Waals surface area contributed by atoms with Gasteiger partial charge in [-0.05, 0) is 37.0 Å². The van der Waals surface area contributed by atoms with E-state index in [4.69, 9.17) is 4.74 Å². The van der Waals surface area contributed by atoms with E-state index in [1.165, 1.54) is 0 Å². The van der Waals surface area contributed by atoms with Gasteiger partial charge in [0.05, 0.1) is 11.3 Å². The van der Waals surface area contributed by atoms with Crippen molar-refractivity contribution in [3.8, 4) is 0 Å². The molecule has 0 aromatic heterocycles. The van der Waals surface area contributed by atoms with E-state index in [2.05, 4.69) is 20.8 Å². The van der Waals surface area contributed by atoms with Crippen LogP contribution in [0.1, 0.15) is 40.5 Å². The number of hydrogen-bond donors (Lipinski definition) is 0. The van der Waals surface area contributed by atoms with Crippen molar-refractivity contribution in [3.05, 3.63) is 0 Å². The topological polar surface area (TPSA) is 46.7 Å². The average Bonchev–Trinajstić information content (AvgIpc) is 2.76. The molecule has 4 aliphatic rings. The zero-order valence-corrected chi connectivity index (χ0v) is 11.4. The van der Waals surface area contributed by atoms with Crippen molar-refractivity contribution in [1.29, 1.82) is 0 Å². The van der Waals surface area contributed by atoms with Crippen LogP contribution in [0.3, 0.4) is 0 Å². The fourth-order valence-electron chi connectivity index (χ4n) is 5.87. The summed E-state index contributed by atoms with van der Waals surface area (Å²) in [6.45, 7) is 8.38. The number of rotatable bonds is 0. The molecular formula is C15H20O3. The Bertz CT molecular complexity index is 494. The van der Waals surface area contributed by atoms with Crippen molar-refractivity contribution >= 4 is 11.6 Å². The summed E-state index contributed by atoms with van der Waals surface area (Å²) in [5, 5.41) is 0. The van der Waals surface area contributed by atoms with Gasteiger partial charge in [0.25, 0.3) is 0 Å². The van der Waals surface area contributed by atoms with Crippen LogP contribution in [0.25, 0.3) is 0 Å². The summed E-state index contributed by atoms with van der Waals surface area (Å²) in [5.74, 6) is 0.648. The van der Waals surface area contributed by atoms with E-state index < -0.39 is 11.0 Å². The second kappa shape index (κ2) is 2.60. The molecule has 3 aliphatic carbocycles. The molecule has 3 heteroatoms. The highest BCUT2D eigenvalue weighted by atomic mass is 16.6.